The highest BCUT2D eigenvalue weighted by atomic mass is 16.4. The molecule has 0 aromatic heterocycles. The fraction of sp³-hybridized carbons (Fsp3) is 0.500. The van der Waals surface area contributed by atoms with E-state index in [0.717, 1.165) is 24.8 Å². The molecule has 5 nitrogen and oxygen atoms in total. The number of carboxylic acid groups (broad SMARTS) is 1. The van der Waals surface area contributed by atoms with E-state index in [0.29, 0.717) is 12.8 Å². The predicted molar refractivity (Wildman–Crippen MR) is 79.6 cm³/mol. The van der Waals surface area contributed by atoms with Gasteiger partial charge < -0.3 is 16.2 Å². The van der Waals surface area contributed by atoms with Gasteiger partial charge in [-0.3, -0.25) is 4.79 Å². The number of hydrogen-bond acceptors (Lipinski definition) is 3. The van der Waals surface area contributed by atoms with Crippen LogP contribution in [0.1, 0.15) is 31.2 Å². The summed E-state index contributed by atoms with van der Waals surface area (Å²) in [4.78, 5) is 23.4. The van der Waals surface area contributed by atoms with Crippen molar-refractivity contribution in [1.29, 1.82) is 0 Å². The van der Waals surface area contributed by atoms with Crippen LogP contribution in [0.25, 0.3) is 0 Å². The highest BCUT2D eigenvalue weighted by molar-refractivity contribution is 5.85. The first kappa shape index (κ1) is 15.5. The predicted octanol–water partition coefficient (Wildman–Crippen LogP) is 1.32. The highest BCUT2D eigenvalue weighted by Crippen LogP contribution is 2.24. The summed E-state index contributed by atoms with van der Waals surface area (Å²) in [5, 5.41) is 11.9. The normalized spacial score (nSPS) is 22.7. The molecule has 0 bridgehead atoms. The number of carbonyl (C=O) groups excluding carboxylic acids is 1. The summed E-state index contributed by atoms with van der Waals surface area (Å²) >= 11 is 0. The molecule has 1 aromatic carbocycles. The van der Waals surface area contributed by atoms with Crippen molar-refractivity contribution in [3.63, 3.8) is 0 Å². The molecule has 0 saturated heterocycles. The van der Waals surface area contributed by atoms with E-state index in [1.165, 1.54) is 0 Å². The molecule has 1 saturated carbocycles. The Bertz CT molecular complexity index is 490. The van der Waals surface area contributed by atoms with Gasteiger partial charge in [-0.1, -0.05) is 36.8 Å². The third-order valence-electron chi connectivity index (χ3n) is 4.09. The smallest absolute Gasteiger partial charge is 0.326 e. The van der Waals surface area contributed by atoms with E-state index >= 15 is 0 Å². The zero-order valence-corrected chi connectivity index (χ0v) is 12.0. The summed E-state index contributed by atoms with van der Waals surface area (Å²) in [5.74, 6) is -1.46. The van der Waals surface area contributed by atoms with Gasteiger partial charge in [-0.05, 0) is 31.2 Å². The zero-order valence-electron chi connectivity index (χ0n) is 12.0. The molecule has 2 rings (SSSR count). The van der Waals surface area contributed by atoms with Gasteiger partial charge in [-0.2, -0.15) is 0 Å². The molecule has 2 unspecified atom stereocenters. The Kier molecular flexibility index (Phi) is 5.33. The Morgan fingerprint density at radius 2 is 2.00 bits per heavy atom. The van der Waals surface area contributed by atoms with Gasteiger partial charge in [0, 0.05) is 6.04 Å². The number of amides is 1. The standard InChI is InChI=1S/C16H22N2O3/c17-13-8-4-7-12(13)15(19)18-14(16(20)21)10-9-11-5-2-1-3-6-11/h1-3,5-6,12-14H,4,7-10,17H2,(H,18,19)(H,20,21)/t12?,13?,14-/m0/s1. The van der Waals surface area contributed by atoms with E-state index in [9.17, 15) is 14.7 Å². The summed E-state index contributed by atoms with van der Waals surface area (Å²) in [6, 6.07) is 8.66. The van der Waals surface area contributed by atoms with Gasteiger partial charge in [0.1, 0.15) is 6.04 Å². The minimum atomic E-state index is -0.995. The summed E-state index contributed by atoms with van der Waals surface area (Å²) in [7, 11) is 0. The van der Waals surface area contributed by atoms with Gasteiger partial charge >= 0.3 is 5.97 Å². The fourth-order valence-corrected chi connectivity index (χ4v) is 2.81. The Labute approximate surface area is 124 Å². The van der Waals surface area contributed by atoms with Crippen LogP contribution >= 0.6 is 0 Å². The SMILES string of the molecule is NC1CCCC1C(=O)N[C@@H](CCc1ccccc1)C(=O)O. The van der Waals surface area contributed by atoms with E-state index in [4.69, 9.17) is 5.73 Å². The number of aryl methyl sites for hydroxylation is 1. The second-order valence-corrected chi connectivity index (χ2v) is 5.62. The molecule has 0 heterocycles. The van der Waals surface area contributed by atoms with Crippen LogP contribution in [0.15, 0.2) is 30.3 Å². The minimum absolute atomic E-state index is 0.145. The van der Waals surface area contributed by atoms with Crippen LogP contribution in [-0.2, 0) is 16.0 Å². The fourth-order valence-electron chi connectivity index (χ4n) is 2.81. The van der Waals surface area contributed by atoms with Gasteiger partial charge in [0.25, 0.3) is 0 Å². The van der Waals surface area contributed by atoms with Crippen LogP contribution in [0.2, 0.25) is 0 Å². The Morgan fingerprint density at radius 1 is 1.29 bits per heavy atom. The minimum Gasteiger partial charge on any atom is -0.480 e. The van der Waals surface area contributed by atoms with Crippen molar-refractivity contribution in [1.82, 2.24) is 5.32 Å². The third-order valence-corrected chi connectivity index (χ3v) is 4.09. The first-order valence-electron chi connectivity index (χ1n) is 7.40. The van der Waals surface area contributed by atoms with Crippen LogP contribution < -0.4 is 11.1 Å². The van der Waals surface area contributed by atoms with Crippen LogP contribution in [0, 0.1) is 5.92 Å². The maximum atomic E-state index is 12.1. The molecule has 4 N–H and O–H groups in total. The number of hydrogen-bond donors (Lipinski definition) is 3. The molecular formula is C16H22N2O3. The summed E-state index contributed by atoms with van der Waals surface area (Å²) < 4.78 is 0. The number of nitrogens with two attached hydrogens (primary N) is 1. The van der Waals surface area contributed by atoms with Crippen molar-refractivity contribution in [2.75, 3.05) is 0 Å². The van der Waals surface area contributed by atoms with Gasteiger partial charge in [0.15, 0.2) is 0 Å². The van der Waals surface area contributed by atoms with Gasteiger partial charge in [0.2, 0.25) is 5.91 Å². The molecule has 0 aliphatic heterocycles. The van der Waals surface area contributed by atoms with Crippen LogP contribution in [0.5, 0.6) is 0 Å². The number of nitrogens with one attached hydrogen (secondary N) is 1. The first-order chi connectivity index (χ1) is 10.1. The zero-order chi connectivity index (χ0) is 15.2. The van der Waals surface area contributed by atoms with Crippen molar-refractivity contribution in [2.24, 2.45) is 11.7 Å². The van der Waals surface area contributed by atoms with Crippen molar-refractivity contribution < 1.29 is 14.7 Å². The van der Waals surface area contributed by atoms with E-state index in [2.05, 4.69) is 5.32 Å². The van der Waals surface area contributed by atoms with Crippen molar-refractivity contribution >= 4 is 11.9 Å². The molecule has 1 amide bonds. The monoisotopic (exact) mass is 290 g/mol. The number of aliphatic carboxylic acids is 1. The van der Waals surface area contributed by atoms with E-state index in [1.807, 2.05) is 30.3 Å². The van der Waals surface area contributed by atoms with E-state index in [-0.39, 0.29) is 17.9 Å². The van der Waals surface area contributed by atoms with Crippen molar-refractivity contribution in [3.8, 4) is 0 Å². The van der Waals surface area contributed by atoms with Crippen LogP contribution in [-0.4, -0.2) is 29.1 Å². The van der Waals surface area contributed by atoms with Gasteiger partial charge in [-0.25, -0.2) is 4.79 Å². The number of carboxylic acids is 1. The largest absolute Gasteiger partial charge is 0.480 e. The molecule has 1 aromatic rings. The molecule has 1 fully saturated rings. The molecule has 5 heteroatoms. The lowest BCUT2D eigenvalue weighted by molar-refractivity contribution is -0.142. The molecule has 1 aliphatic rings. The highest BCUT2D eigenvalue weighted by Gasteiger charge is 2.32. The first-order valence-corrected chi connectivity index (χ1v) is 7.40. The Morgan fingerprint density at radius 3 is 2.57 bits per heavy atom. The quantitative estimate of drug-likeness (QED) is 0.736. The van der Waals surface area contributed by atoms with Gasteiger partial charge in [-0.15, -0.1) is 0 Å². The third kappa shape index (κ3) is 4.29. The second kappa shape index (κ2) is 7.22. The number of carbonyl (C=O) groups is 2. The lowest BCUT2D eigenvalue weighted by Crippen LogP contribution is -2.46. The molecule has 0 spiro atoms. The topological polar surface area (TPSA) is 92.4 Å². The summed E-state index contributed by atoms with van der Waals surface area (Å²) in [6.07, 6.45) is 3.51. The van der Waals surface area contributed by atoms with E-state index in [1.54, 1.807) is 0 Å². The second-order valence-electron chi connectivity index (χ2n) is 5.62. The van der Waals surface area contributed by atoms with Crippen molar-refractivity contribution in [3.05, 3.63) is 35.9 Å². The molecule has 21 heavy (non-hydrogen) atoms. The van der Waals surface area contributed by atoms with Crippen LogP contribution in [0.4, 0.5) is 0 Å². The number of benzene rings is 1. The summed E-state index contributed by atoms with van der Waals surface area (Å²) in [5.41, 5.74) is 6.95. The molecule has 3 atom stereocenters. The average molecular weight is 290 g/mol. The molecule has 0 radical (unpaired) electrons. The van der Waals surface area contributed by atoms with E-state index < -0.39 is 12.0 Å². The summed E-state index contributed by atoms with van der Waals surface area (Å²) in [6.45, 7) is 0. The average Bonchev–Trinajstić information content (AvgIpc) is 2.90. The Hall–Kier alpha value is -1.88. The van der Waals surface area contributed by atoms with Crippen LogP contribution in [0.3, 0.4) is 0 Å². The lowest BCUT2D eigenvalue weighted by Gasteiger charge is -2.19. The molecule has 114 valence electrons. The molecular weight excluding hydrogens is 268 g/mol. The lowest BCUT2D eigenvalue weighted by atomic mass is 10.0. The van der Waals surface area contributed by atoms with Crippen molar-refractivity contribution in [2.45, 2.75) is 44.2 Å². The number of rotatable bonds is 6. The van der Waals surface area contributed by atoms with Gasteiger partial charge in [0.05, 0.1) is 5.92 Å². The molecule has 1 aliphatic carbocycles. The Balaban J connectivity index is 1.90. The maximum absolute atomic E-state index is 12.1. The maximum Gasteiger partial charge on any atom is 0.326 e.